The second kappa shape index (κ2) is 6.71. The SMILES string of the molecule is Cc1ccc(NC2=C(Cl)C(=O)N(c3ccc(Cl)c(Cl)c3)C2=O)c(C)c1. The fraction of sp³-hybridized carbons (Fsp3) is 0.111. The Morgan fingerprint density at radius 3 is 2.24 bits per heavy atom. The Kier molecular flexibility index (Phi) is 4.78. The summed E-state index contributed by atoms with van der Waals surface area (Å²) in [5.74, 6) is -1.16. The van der Waals surface area contributed by atoms with Crippen molar-refractivity contribution in [1.29, 1.82) is 0 Å². The number of nitrogens with zero attached hydrogens (tertiary/aromatic N) is 1. The molecular weight excluding hydrogens is 383 g/mol. The van der Waals surface area contributed by atoms with Crippen LogP contribution in [0.1, 0.15) is 11.1 Å². The standard InChI is InChI=1S/C18H13Cl3N2O2/c1-9-3-6-14(10(2)7-9)22-16-15(21)17(24)23(18(16)25)11-4-5-12(19)13(20)8-11/h3-8,22H,1-2H3. The summed E-state index contributed by atoms with van der Waals surface area (Å²) in [6.45, 7) is 3.88. The van der Waals surface area contributed by atoms with Crippen LogP contribution in [0.15, 0.2) is 47.1 Å². The summed E-state index contributed by atoms with van der Waals surface area (Å²) >= 11 is 18.0. The van der Waals surface area contributed by atoms with Crippen molar-refractivity contribution >= 4 is 58.0 Å². The molecule has 128 valence electrons. The molecule has 0 bridgehead atoms. The molecule has 2 amide bonds. The van der Waals surface area contributed by atoms with Gasteiger partial charge in [0.05, 0.1) is 15.7 Å². The van der Waals surface area contributed by atoms with E-state index in [9.17, 15) is 9.59 Å². The molecule has 0 saturated heterocycles. The lowest BCUT2D eigenvalue weighted by Gasteiger charge is -2.16. The molecular formula is C18H13Cl3N2O2. The number of aryl methyl sites for hydroxylation is 2. The molecule has 0 spiro atoms. The number of amides is 2. The average Bonchev–Trinajstić information content (AvgIpc) is 2.76. The molecule has 0 fully saturated rings. The van der Waals surface area contributed by atoms with Crippen LogP contribution < -0.4 is 10.2 Å². The molecule has 0 unspecified atom stereocenters. The highest BCUT2D eigenvalue weighted by Gasteiger charge is 2.39. The molecule has 2 aromatic carbocycles. The van der Waals surface area contributed by atoms with E-state index in [1.807, 2.05) is 32.0 Å². The van der Waals surface area contributed by atoms with Crippen molar-refractivity contribution in [3.8, 4) is 0 Å². The quantitative estimate of drug-likeness (QED) is 0.740. The van der Waals surface area contributed by atoms with Gasteiger partial charge in [0.15, 0.2) is 0 Å². The predicted octanol–water partition coefficient (Wildman–Crippen LogP) is 5.05. The van der Waals surface area contributed by atoms with Gasteiger partial charge in [-0.2, -0.15) is 0 Å². The van der Waals surface area contributed by atoms with Gasteiger partial charge in [-0.15, -0.1) is 0 Å². The van der Waals surface area contributed by atoms with Crippen molar-refractivity contribution in [2.75, 3.05) is 10.2 Å². The smallest absolute Gasteiger partial charge is 0.283 e. The minimum atomic E-state index is -0.614. The van der Waals surface area contributed by atoms with E-state index in [0.29, 0.717) is 16.4 Å². The van der Waals surface area contributed by atoms with E-state index in [4.69, 9.17) is 34.8 Å². The number of rotatable bonds is 3. The summed E-state index contributed by atoms with van der Waals surface area (Å²) in [5, 5.41) is 3.37. The first kappa shape index (κ1) is 17.8. The van der Waals surface area contributed by atoms with Gasteiger partial charge in [0, 0.05) is 5.69 Å². The highest BCUT2D eigenvalue weighted by molar-refractivity contribution is 6.53. The number of hydrogen-bond acceptors (Lipinski definition) is 3. The van der Waals surface area contributed by atoms with Crippen LogP contribution in [0.5, 0.6) is 0 Å². The van der Waals surface area contributed by atoms with Gasteiger partial charge in [-0.05, 0) is 43.7 Å². The molecule has 0 atom stereocenters. The van der Waals surface area contributed by atoms with E-state index in [0.717, 1.165) is 16.0 Å². The highest BCUT2D eigenvalue weighted by atomic mass is 35.5. The summed E-state index contributed by atoms with van der Waals surface area (Å²) < 4.78 is 0. The Morgan fingerprint density at radius 1 is 0.880 bits per heavy atom. The lowest BCUT2D eigenvalue weighted by molar-refractivity contribution is -0.120. The maximum atomic E-state index is 12.7. The maximum Gasteiger partial charge on any atom is 0.283 e. The molecule has 0 radical (unpaired) electrons. The Bertz CT molecular complexity index is 938. The molecule has 7 heteroatoms. The molecule has 1 aliphatic heterocycles. The third-order valence-corrected chi connectivity index (χ3v) is 4.92. The topological polar surface area (TPSA) is 49.4 Å². The Balaban J connectivity index is 1.95. The van der Waals surface area contributed by atoms with Gasteiger partial charge in [0.2, 0.25) is 0 Å². The second-order valence-corrected chi connectivity index (χ2v) is 6.87. The van der Waals surface area contributed by atoms with E-state index in [1.165, 1.54) is 18.2 Å². The first-order valence-corrected chi connectivity index (χ1v) is 8.51. The van der Waals surface area contributed by atoms with E-state index in [2.05, 4.69) is 5.32 Å². The minimum Gasteiger partial charge on any atom is -0.349 e. The van der Waals surface area contributed by atoms with Gasteiger partial charge in [-0.1, -0.05) is 52.5 Å². The van der Waals surface area contributed by atoms with Crippen molar-refractivity contribution in [1.82, 2.24) is 0 Å². The number of imide groups is 1. The molecule has 2 aromatic rings. The van der Waals surface area contributed by atoms with E-state index in [-0.39, 0.29) is 15.8 Å². The summed E-state index contributed by atoms with van der Waals surface area (Å²) in [6.07, 6.45) is 0. The zero-order valence-corrected chi connectivity index (χ0v) is 15.6. The fourth-order valence-electron chi connectivity index (χ4n) is 2.56. The normalized spacial score (nSPS) is 14.5. The average molecular weight is 396 g/mol. The Hall–Kier alpha value is -2.01. The van der Waals surface area contributed by atoms with Gasteiger partial charge in [0.1, 0.15) is 10.7 Å². The number of benzene rings is 2. The summed E-state index contributed by atoms with van der Waals surface area (Å²) in [4.78, 5) is 26.1. The van der Waals surface area contributed by atoms with Crippen LogP contribution in [0.4, 0.5) is 11.4 Å². The summed E-state index contributed by atoms with van der Waals surface area (Å²) in [5.41, 5.74) is 3.07. The highest BCUT2D eigenvalue weighted by Crippen LogP contribution is 2.34. The van der Waals surface area contributed by atoms with E-state index < -0.39 is 11.8 Å². The third-order valence-electron chi connectivity index (χ3n) is 3.83. The van der Waals surface area contributed by atoms with Gasteiger partial charge >= 0.3 is 0 Å². The maximum absolute atomic E-state index is 12.7. The zero-order chi connectivity index (χ0) is 18.3. The van der Waals surface area contributed by atoms with Gasteiger partial charge in [-0.25, -0.2) is 4.90 Å². The Labute approximate surface area is 160 Å². The molecule has 1 N–H and O–H groups in total. The minimum absolute atomic E-state index is 0.0321. The van der Waals surface area contributed by atoms with Crippen LogP contribution in [0.3, 0.4) is 0 Å². The van der Waals surface area contributed by atoms with Crippen molar-refractivity contribution in [3.63, 3.8) is 0 Å². The second-order valence-electron chi connectivity index (χ2n) is 5.68. The molecule has 1 aliphatic rings. The number of carbonyl (C=O) groups is 2. The molecule has 0 aliphatic carbocycles. The van der Waals surface area contributed by atoms with Crippen LogP contribution in [-0.2, 0) is 9.59 Å². The van der Waals surface area contributed by atoms with E-state index in [1.54, 1.807) is 0 Å². The molecule has 0 aromatic heterocycles. The van der Waals surface area contributed by atoms with Crippen LogP contribution in [0.2, 0.25) is 10.0 Å². The predicted molar refractivity (Wildman–Crippen MR) is 101 cm³/mol. The largest absolute Gasteiger partial charge is 0.349 e. The summed E-state index contributed by atoms with van der Waals surface area (Å²) in [6, 6.07) is 10.2. The lowest BCUT2D eigenvalue weighted by atomic mass is 10.1. The third kappa shape index (κ3) is 3.25. The van der Waals surface area contributed by atoms with Gasteiger partial charge in [0.25, 0.3) is 11.8 Å². The molecule has 3 rings (SSSR count). The fourth-order valence-corrected chi connectivity index (χ4v) is 3.06. The molecule has 0 saturated carbocycles. The van der Waals surface area contributed by atoms with Gasteiger partial charge in [-0.3, -0.25) is 9.59 Å². The van der Waals surface area contributed by atoms with Crippen molar-refractivity contribution in [2.45, 2.75) is 13.8 Å². The molecule has 25 heavy (non-hydrogen) atoms. The van der Waals surface area contributed by atoms with Crippen molar-refractivity contribution in [2.24, 2.45) is 0 Å². The van der Waals surface area contributed by atoms with Crippen molar-refractivity contribution in [3.05, 3.63) is 68.3 Å². The molecule has 4 nitrogen and oxygen atoms in total. The zero-order valence-electron chi connectivity index (χ0n) is 13.4. The monoisotopic (exact) mass is 394 g/mol. The first-order chi connectivity index (χ1) is 11.8. The first-order valence-electron chi connectivity index (χ1n) is 7.37. The number of carbonyl (C=O) groups excluding carboxylic acids is 2. The Morgan fingerprint density at radius 2 is 1.60 bits per heavy atom. The molecule has 1 heterocycles. The van der Waals surface area contributed by atoms with Gasteiger partial charge < -0.3 is 5.32 Å². The number of halogens is 3. The van der Waals surface area contributed by atoms with Crippen LogP contribution >= 0.6 is 34.8 Å². The summed E-state index contributed by atoms with van der Waals surface area (Å²) in [7, 11) is 0. The van der Waals surface area contributed by atoms with Crippen LogP contribution in [-0.4, -0.2) is 11.8 Å². The van der Waals surface area contributed by atoms with E-state index >= 15 is 0 Å². The van der Waals surface area contributed by atoms with Crippen LogP contribution in [0.25, 0.3) is 0 Å². The number of anilines is 2. The lowest BCUT2D eigenvalue weighted by Crippen LogP contribution is -2.32. The van der Waals surface area contributed by atoms with Crippen molar-refractivity contribution < 1.29 is 9.59 Å². The number of hydrogen-bond donors (Lipinski definition) is 1. The van der Waals surface area contributed by atoms with Crippen LogP contribution in [0, 0.1) is 13.8 Å². The number of nitrogens with one attached hydrogen (secondary N) is 1.